The fourth-order valence-corrected chi connectivity index (χ4v) is 2.89. The minimum Gasteiger partial charge on any atom is -0.387 e. The number of amides is 1. The minimum absolute atomic E-state index is 0.0533. The molecular weight excluding hydrogens is 270 g/mol. The zero-order valence-corrected chi connectivity index (χ0v) is 12.5. The lowest BCUT2D eigenvalue weighted by atomic mass is 9.98. The van der Waals surface area contributed by atoms with Crippen molar-refractivity contribution < 1.29 is 9.72 Å². The summed E-state index contributed by atoms with van der Waals surface area (Å²) >= 11 is 0. The summed E-state index contributed by atoms with van der Waals surface area (Å²) in [6.07, 6.45) is 4.05. The van der Waals surface area contributed by atoms with E-state index in [0.717, 1.165) is 32.2 Å². The van der Waals surface area contributed by atoms with Crippen molar-refractivity contribution in [1.82, 2.24) is 4.90 Å². The van der Waals surface area contributed by atoms with Crippen LogP contribution in [-0.4, -0.2) is 35.4 Å². The summed E-state index contributed by atoms with van der Waals surface area (Å²) in [4.78, 5) is 25.1. The van der Waals surface area contributed by atoms with Crippen LogP contribution in [0.2, 0.25) is 0 Å². The average molecular weight is 291 g/mol. The normalized spacial score (nSPS) is 18.4. The number of piperidine rings is 1. The molecular formula is C15H21N3O3. The lowest BCUT2D eigenvalue weighted by molar-refractivity contribution is -0.384. The van der Waals surface area contributed by atoms with Gasteiger partial charge in [-0.1, -0.05) is 6.92 Å². The number of carbonyl (C=O) groups excluding carboxylic acids is 1. The molecule has 114 valence electrons. The van der Waals surface area contributed by atoms with Crippen LogP contribution in [0.3, 0.4) is 0 Å². The van der Waals surface area contributed by atoms with Crippen LogP contribution < -0.4 is 5.32 Å². The van der Waals surface area contributed by atoms with Crippen LogP contribution in [-0.2, 0) is 0 Å². The highest BCUT2D eigenvalue weighted by atomic mass is 16.6. The maximum absolute atomic E-state index is 12.8. The molecule has 0 bridgehead atoms. The Bertz CT molecular complexity index is 545. The molecule has 0 aromatic heterocycles. The van der Waals surface area contributed by atoms with Gasteiger partial charge in [-0.25, -0.2) is 0 Å². The number of nitro benzene ring substituents is 1. The van der Waals surface area contributed by atoms with E-state index in [1.807, 2.05) is 4.90 Å². The number of hydrogen-bond donors (Lipinski definition) is 1. The Balaban J connectivity index is 2.36. The molecule has 0 saturated carbocycles. The third kappa shape index (κ3) is 3.15. The van der Waals surface area contributed by atoms with E-state index >= 15 is 0 Å². The summed E-state index contributed by atoms with van der Waals surface area (Å²) in [6, 6.07) is 4.61. The first kappa shape index (κ1) is 15.3. The van der Waals surface area contributed by atoms with Crippen LogP contribution in [0.25, 0.3) is 0 Å². The fraction of sp³-hybridized carbons (Fsp3) is 0.533. The highest BCUT2D eigenvalue weighted by molar-refractivity contribution is 6.00. The van der Waals surface area contributed by atoms with Crippen LogP contribution in [0.5, 0.6) is 0 Å². The molecule has 1 amide bonds. The number of anilines is 1. The first-order chi connectivity index (χ1) is 10.1. The molecule has 0 aliphatic carbocycles. The molecule has 6 heteroatoms. The second kappa shape index (κ2) is 6.56. The van der Waals surface area contributed by atoms with Crippen LogP contribution in [0, 0.1) is 10.1 Å². The van der Waals surface area contributed by atoms with E-state index in [1.54, 1.807) is 13.1 Å². The number of nitro groups is 1. The molecule has 1 atom stereocenters. The molecule has 2 rings (SSSR count). The van der Waals surface area contributed by atoms with Crippen molar-refractivity contribution in [3.05, 3.63) is 33.9 Å². The van der Waals surface area contributed by atoms with Crippen molar-refractivity contribution in [3.63, 3.8) is 0 Å². The van der Waals surface area contributed by atoms with Gasteiger partial charge in [-0.3, -0.25) is 14.9 Å². The molecule has 1 aliphatic rings. The van der Waals surface area contributed by atoms with Crippen molar-refractivity contribution in [2.45, 2.75) is 38.6 Å². The first-order valence-electron chi connectivity index (χ1n) is 7.35. The molecule has 1 aromatic rings. The Morgan fingerprint density at radius 1 is 1.48 bits per heavy atom. The van der Waals surface area contributed by atoms with Gasteiger partial charge in [0, 0.05) is 37.5 Å². The molecule has 1 unspecified atom stereocenters. The number of likely N-dealkylation sites (tertiary alicyclic amines) is 1. The second-order valence-electron chi connectivity index (χ2n) is 5.29. The van der Waals surface area contributed by atoms with Gasteiger partial charge in [0.2, 0.25) is 0 Å². The van der Waals surface area contributed by atoms with Crippen molar-refractivity contribution >= 4 is 17.3 Å². The molecule has 1 N–H and O–H groups in total. The fourth-order valence-electron chi connectivity index (χ4n) is 2.89. The molecule has 0 spiro atoms. The van der Waals surface area contributed by atoms with Crippen molar-refractivity contribution in [1.29, 1.82) is 0 Å². The van der Waals surface area contributed by atoms with E-state index in [4.69, 9.17) is 0 Å². The summed E-state index contributed by atoms with van der Waals surface area (Å²) in [5, 5.41) is 13.9. The monoisotopic (exact) mass is 291 g/mol. The van der Waals surface area contributed by atoms with Gasteiger partial charge in [0.15, 0.2) is 0 Å². The largest absolute Gasteiger partial charge is 0.387 e. The summed E-state index contributed by atoms with van der Waals surface area (Å²) in [5.41, 5.74) is 0.959. The van der Waals surface area contributed by atoms with E-state index in [2.05, 4.69) is 12.2 Å². The molecule has 21 heavy (non-hydrogen) atoms. The van der Waals surface area contributed by atoms with Gasteiger partial charge >= 0.3 is 0 Å². The number of benzene rings is 1. The van der Waals surface area contributed by atoms with Gasteiger partial charge in [0.05, 0.1) is 10.5 Å². The second-order valence-corrected chi connectivity index (χ2v) is 5.29. The van der Waals surface area contributed by atoms with Gasteiger partial charge in [0.25, 0.3) is 11.6 Å². The molecule has 1 aromatic carbocycles. The predicted molar refractivity (Wildman–Crippen MR) is 81.6 cm³/mol. The van der Waals surface area contributed by atoms with Crippen LogP contribution in [0.1, 0.15) is 43.0 Å². The lowest BCUT2D eigenvalue weighted by Gasteiger charge is -2.35. The molecule has 0 radical (unpaired) electrons. The Hall–Kier alpha value is -2.11. The van der Waals surface area contributed by atoms with Gasteiger partial charge in [-0.15, -0.1) is 0 Å². The molecule has 6 nitrogen and oxygen atoms in total. The predicted octanol–water partition coefficient (Wildman–Crippen LogP) is 3.04. The molecule has 1 saturated heterocycles. The Morgan fingerprint density at radius 3 is 2.86 bits per heavy atom. The number of nitrogens with zero attached hydrogens (tertiary/aromatic N) is 2. The van der Waals surface area contributed by atoms with Crippen molar-refractivity contribution in [2.24, 2.45) is 0 Å². The topological polar surface area (TPSA) is 75.5 Å². The van der Waals surface area contributed by atoms with Crippen molar-refractivity contribution in [3.8, 4) is 0 Å². The lowest BCUT2D eigenvalue weighted by Crippen LogP contribution is -2.43. The summed E-state index contributed by atoms with van der Waals surface area (Å²) < 4.78 is 0. The quantitative estimate of drug-likeness (QED) is 0.683. The third-order valence-electron chi connectivity index (χ3n) is 4.07. The maximum Gasteiger partial charge on any atom is 0.270 e. The van der Waals surface area contributed by atoms with Crippen molar-refractivity contribution in [2.75, 3.05) is 18.9 Å². The third-order valence-corrected chi connectivity index (χ3v) is 4.07. The number of nitrogens with one attached hydrogen (secondary N) is 1. The Kier molecular flexibility index (Phi) is 4.77. The zero-order chi connectivity index (χ0) is 15.4. The summed E-state index contributed by atoms with van der Waals surface area (Å²) in [6.45, 7) is 2.80. The Morgan fingerprint density at radius 2 is 2.24 bits per heavy atom. The number of rotatable bonds is 4. The van der Waals surface area contributed by atoms with E-state index in [0.29, 0.717) is 11.3 Å². The number of non-ortho nitro benzene ring substituents is 1. The van der Waals surface area contributed by atoms with Gasteiger partial charge in [-0.05, 0) is 31.7 Å². The van der Waals surface area contributed by atoms with E-state index < -0.39 is 4.92 Å². The van der Waals surface area contributed by atoms with Gasteiger partial charge < -0.3 is 10.2 Å². The highest BCUT2D eigenvalue weighted by Crippen LogP contribution is 2.27. The standard InChI is InChI=1S/C15H21N3O3/c1-3-11-6-4-5-9-17(11)15(19)13-10-12(18(20)21)7-8-14(13)16-2/h7-8,10-11,16H,3-6,9H2,1-2H3. The van der Waals surface area contributed by atoms with E-state index in [1.165, 1.54) is 12.1 Å². The number of hydrogen-bond acceptors (Lipinski definition) is 4. The summed E-state index contributed by atoms with van der Waals surface area (Å²) in [7, 11) is 1.71. The Labute approximate surface area is 124 Å². The van der Waals surface area contributed by atoms with Crippen LogP contribution in [0.4, 0.5) is 11.4 Å². The molecule has 1 fully saturated rings. The van der Waals surface area contributed by atoms with Gasteiger partial charge in [0.1, 0.15) is 0 Å². The first-order valence-corrected chi connectivity index (χ1v) is 7.35. The molecule has 1 heterocycles. The molecule has 1 aliphatic heterocycles. The zero-order valence-electron chi connectivity index (χ0n) is 12.5. The summed E-state index contributed by atoms with van der Waals surface area (Å²) in [5.74, 6) is -0.116. The van der Waals surface area contributed by atoms with Crippen LogP contribution >= 0.6 is 0 Å². The maximum atomic E-state index is 12.8. The van der Waals surface area contributed by atoms with Crippen LogP contribution in [0.15, 0.2) is 18.2 Å². The average Bonchev–Trinajstić information content (AvgIpc) is 2.53. The SMILES string of the molecule is CCC1CCCCN1C(=O)c1cc([N+](=O)[O-])ccc1NC. The smallest absolute Gasteiger partial charge is 0.270 e. The minimum atomic E-state index is -0.469. The number of carbonyl (C=O) groups is 1. The van der Waals surface area contributed by atoms with E-state index in [9.17, 15) is 14.9 Å². The van der Waals surface area contributed by atoms with Gasteiger partial charge in [-0.2, -0.15) is 0 Å². The highest BCUT2D eigenvalue weighted by Gasteiger charge is 2.28. The van der Waals surface area contributed by atoms with E-state index in [-0.39, 0.29) is 17.6 Å².